The number of fused-ring (bicyclic) bond motifs is 1. The smallest absolute Gasteiger partial charge is 0.257 e. The predicted octanol–water partition coefficient (Wildman–Crippen LogP) is 4.19. The van der Waals surface area contributed by atoms with E-state index in [0.29, 0.717) is 16.4 Å². The number of nitrogens with one attached hydrogen (secondary N) is 1. The molecule has 0 aliphatic heterocycles. The summed E-state index contributed by atoms with van der Waals surface area (Å²) in [6.45, 7) is 0. The van der Waals surface area contributed by atoms with Gasteiger partial charge in [-0.1, -0.05) is 47.5 Å². The molecule has 21 heavy (non-hydrogen) atoms. The zero-order chi connectivity index (χ0) is 14.8. The number of halogens is 2. The minimum Gasteiger partial charge on any atom is -0.319 e. The summed E-state index contributed by atoms with van der Waals surface area (Å²) in [4.78, 5) is 20.4. The fourth-order valence-electron chi connectivity index (χ4n) is 2.01. The molecule has 0 bridgehead atoms. The fourth-order valence-corrected chi connectivity index (χ4v) is 2.39. The van der Waals surface area contributed by atoms with Gasteiger partial charge in [0.2, 0.25) is 0 Å². The average molecular weight is 318 g/mol. The van der Waals surface area contributed by atoms with Gasteiger partial charge in [-0.2, -0.15) is 0 Å². The number of anilines is 1. The van der Waals surface area contributed by atoms with Crippen LogP contribution < -0.4 is 5.32 Å². The zero-order valence-corrected chi connectivity index (χ0v) is 12.2. The Morgan fingerprint density at radius 1 is 0.952 bits per heavy atom. The number of aromatic nitrogens is 2. The van der Waals surface area contributed by atoms with Crippen molar-refractivity contribution in [2.45, 2.75) is 0 Å². The molecule has 3 rings (SSSR count). The molecule has 0 saturated heterocycles. The van der Waals surface area contributed by atoms with E-state index in [0.717, 1.165) is 10.8 Å². The Morgan fingerprint density at radius 3 is 2.48 bits per heavy atom. The van der Waals surface area contributed by atoms with Crippen molar-refractivity contribution in [3.05, 3.63) is 64.7 Å². The Balaban J connectivity index is 2.03. The van der Waals surface area contributed by atoms with Crippen LogP contribution in [-0.2, 0) is 0 Å². The van der Waals surface area contributed by atoms with Crippen molar-refractivity contribution in [2.75, 3.05) is 5.32 Å². The second kappa shape index (κ2) is 5.68. The molecule has 104 valence electrons. The lowest BCUT2D eigenvalue weighted by molar-refractivity contribution is 0.102. The molecule has 0 spiro atoms. The number of amides is 1. The van der Waals surface area contributed by atoms with Crippen molar-refractivity contribution in [1.82, 2.24) is 9.97 Å². The van der Waals surface area contributed by atoms with Gasteiger partial charge >= 0.3 is 0 Å². The number of hydrogen-bond acceptors (Lipinski definition) is 3. The molecular formula is C15H9Cl2N3O. The third-order valence-electron chi connectivity index (χ3n) is 3.00. The molecular weight excluding hydrogens is 309 g/mol. The monoisotopic (exact) mass is 317 g/mol. The van der Waals surface area contributed by atoms with Crippen molar-refractivity contribution in [2.24, 2.45) is 0 Å². The number of pyridine rings is 2. The summed E-state index contributed by atoms with van der Waals surface area (Å²) < 4.78 is 0. The molecule has 0 fully saturated rings. The van der Waals surface area contributed by atoms with Gasteiger partial charge in [-0.15, -0.1) is 0 Å². The Hall–Kier alpha value is -2.17. The van der Waals surface area contributed by atoms with Crippen LogP contribution in [0.1, 0.15) is 10.4 Å². The molecule has 0 aliphatic carbocycles. The number of carbonyl (C=O) groups excluding carboxylic acids is 1. The SMILES string of the molecule is O=C(Nc1cccnc1Cl)c1cnc(Cl)c2ccccc12. The normalized spacial score (nSPS) is 10.6. The van der Waals surface area contributed by atoms with Crippen LogP contribution in [0.3, 0.4) is 0 Å². The summed E-state index contributed by atoms with van der Waals surface area (Å²) in [5, 5.41) is 4.78. The van der Waals surface area contributed by atoms with Gasteiger partial charge in [0.15, 0.2) is 5.15 Å². The van der Waals surface area contributed by atoms with Gasteiger partial charge < -0.3 is 5.32 Å². The van der Waals surface area contributed by atoms with Crippen LogP contribution in [0.4, 0.5) is 5.69 Å². The van der Waals surface area contributed by atoms with E-state index in [-0.39, 0.29) is 11.1 Å². The molecule has 1 amide bonds. The molecule has 0 unspecified atom stereocenters. The summed E-state index contributed by atoms with van der Waals surface area (Å²) in [5.74, 6) is -0.315. The van der Waals surface area contributed by atoms with E-state index in [1.807, 2.05) is 24.3 Å². The molecule has 0 saturated carbocycles. The third kappa shape index (κ3) is 2.68. The second-order valence-corrected chi connectivity index (χ2v) is 5.02. The Kier molecular flexibility index (Phi) is 3.73. The van der Waals surface area contributed by atoms with Gasteiger partial charge in [0.1, 0.15) is 5.15 Å². The van der Waals surface area contributed by atoms with Gasteiger partial charge in [-0.25, -0.2) is 9.97 Å². The molecule has 2 aromatic heterocycles. The lowest BCUT2D eigenvalue weighted by Crippen LogP contribution is -2.13. The van der Waals surface area contributed by atoms with E-state index >= 15 is 0 Å². The molecule has 2 heterocycles. The van der Waals surface area contributed by atoms with E-state index in [4.69, 9.17) is 23.2 Å². The molecule has 1 aromatic carbocycles. The average Bonchev–Trinajstić information content (AvgIpc) is 2.50. The first-order valence-corrected chi connectivity index (χ1v) is 6.87. The number of nitrogens with zero attached hydrogens (tertiary/aromatic N) is 2. The highest BCUT2D eigenvalue weighted by atomic mass is 35.5. The lowest BCUT2D eigenvalue weighted by Gasteiger charge is -2.09. The predicted molar refractivity (Wildman–Crippen MR) is 84.0 cm³/mol. The van der Waals surface area contributed by atoms with Gasteiger partial charge in [0, 0.05) is 17.8 Å². The van der Waals surface area contributed by atoms with Gasteiger partial charge in [0.25, 0.3) is 5.91 Å². The molecule has 0 atom stereocenters. The number of rotatable bonds is 2. The highest BCUT2D eigenvalue weighted by Gasteiger charge is 2.14. The van der Waals surface area contributed by atoms with Gasteiger partial charge in [0.05, 0.1) is 11.3 Å². The van der Waals surface area contributed by atoms with E-state index < -0.39 is 0 Å². The van der Waals surface area contributed by atoms with Crippen LogP contribution in [0.5, 0.6) is 0 Å². The van der Waals surface area contributed by atoms with Crippen molar-refractivity contribution in [1.29, 1.82) is 0 Å². The van der Waals surface area contributed by atoms with Crippen molar-refractivity contribution < 1.29 is 4.79 Å². The first-order valence-electron chi connectivity index (χ1n) is 6.12. The Morgan fingerprint density at radius 2 is 1.71 bits per heavy atom. The number of carbonyl (C=O) groups is 1. The minimum absolute atomic E-state index is 0.233. The Labute approximate surface area is 130 Å². The number of hydrogen-bond donors (Lipinski definition) is 1. The van der Waals surface area contributed by atoms with Crippen LogP contribution in [-0.4, -0.2) is 15.9 Å². The van der Waals surface area contributed by atoms with Crippen LogP contribution in [0.25, 0.3) is 10.8 Å². The minimum atomic E-state index is -0.315. The maximum atomic E-state index is 12.4. The summed E-state index contributed by atoms with van der Waals surface area (Å²) in [7, 11) is 0. The first kappa shape index (κ1) is 13.8. The van der Waals surface area contributed by atoms with E-state index in [1.54, 1.807) is 18.3 Å². The highest BCUT2D eigenvalue weighted by molar-refractivity contribution is 6.35. The second-order valence-electron chi connectivity index (χ2n) is 4.30. The lowest BCUT2D eigenvalue weighted by atomic mass is 10.1. The van der Waals surface area contributed by atoms with Gasteiger partial charge in [-0.3, -0.25) is 4.79 Å². The van der Waals surface area contributed by atoms with Crippen molar-refractivity contribution in [3.8, 4) is 0 Å². The molecule has 3 aromatic rings. The zero-order valence-electron chi connectivity index (χ0n) is 10.7. The summed E-state index contributed by atoms with van der Waals surface area (Å²) in [6.07, 6.45) is 3.00. The standard InChI is InChI=1S/C15H9Cl2N3O/c16-13-10-5-2-1-4-9(10)11(8-19-13)15(21)20-12-6-3-7-18-14(12)17/h1-8H,(H,20,21). The van der Waals surface area contributed by atoms with E-state index in [2.05, 4.69) is 15.3 Å². The van der Waals surface area contributed by atoms with Crippen LogP contribution >= 0.6 is 23.2 Å². The quantitative estimate of drug-likeness (QED) is 0.721. The number of benzene rings is 1. The topological polar surface area (TPSA) is 54.9 Å². The largest absolute Gasteiger partial charge is 0.319 e. The summed E-state index contributed by atoms with van der Waals surface area (Å²) in [6, 6.07) is 10.7. The summed E-state index contributed by atoms with van der Waals surface area (Å²) in [5.41, 5.74) is 0.873. The molecule has 6 heteroatoms. The first-order chi connectivity index (χ1) is 10.2. The van der Waals surface area contributed by atoms with Crippen molar-refractivity contribution >= 4 is 45.6 Å². The fraction of sp³-hybridized carbons (Fsp3) is 0. The molecule has 4 nitrogen and oxygen atoms in total. The molecule has 0 aliphatic rings. The maximum Gasteiger partial charge on any atom is 0.257 e. The molecule has 1 N–H and O–H groups in total. The van der Waals surface area contributed by atoms with E-state index in [1.165, 1.54) is 6.20 Å². The summed E-state index contributed by atoms with van der Waals surface area (Å²) >= 11 is 12.0. The maximum absolute atomic E-state index is 12.4. The van der Waals surface area contributed by atoms with Gasteiger partial charge in [-0.05, 0) is 17.5 Å². The molecule has 0 radical (unpaired) electrons. The van der Waals surface area contributed by atoms with Crippen LogP contribution in [0.2, 0.25) is 10.3 Å². The highest BCUT2D eigenvalue weighted by Crippen LogP contribution is 2.25. The van der Waals surface area contributed by atoms with Crippen LogP contribution in [0, 0.1) is 0 Å². The van der Waals surface area contributed by atoms with Crippen LogP contribution in [0.15, 0.2) is 48.8 Å². The van der Waals surface area contributed by atoms with Crippen molar-refractivity contribution in [3.63, 3.8) is 0 Å². The van der Waals surface area contributed by atoms with E-state index in [9.17, 15) is 4.79 Å². The Bertz CT molecular complexity index is 836. The third-order valence-corrected chi connectivity index (χ3v) is 3.60.